The Morgan fingerprint density at radius 2 is 0.871 bits per heavy atom. The van der Waals surface area contributed by atoms with Crippen LogP contribution in [0.3, 0.4) is 0 Å². The van der Waals surface area contributed by atoms with Gasteiger partial charge in [0.15, 0.2) is 9.84 Å². The zero-order chi connectivity index (χ0) is 22.9. The van der Waals surface area contributed by atoms with Crippen LogP contribution in [-0.4, -0.2) is 14.2 Å². The molecule has 0 aromatic carbocycles. The van der Waals surface area contributed by atoms with Gasteiger partial charge in [-0.15, -0.1) is 0 Å². The molecule has 2 radical (unpaired) electrons. The summed E-state index contributed by atoms with van der Waals surface area (Å²) >= 11 is 0. The maximum absolute atomic E-state index is 12.1. The summed E-state index contributed by atoms with van der Waals surface area (Å²) < 4.78 is 24.1. The van der Waals surface area contributed by atoms with E-state index in [2.05, 4.69) is 13.8 Å². The van der Waals surface area contributed by atoms with Crippen LogP contribution in [0.4, 0.5) is 0 Å². The first kappa shape index (κ1) is 30.9. The highest BCUT2D eigenvalue weighted by molar-refractivity contribution is 7.93. The van der Waals surface area contributed by atoms with E-state index in [-0.39, 0.29) is 0 Å². The predicted molar refractivity (Wildman–Crippen MR) is 140 cm³/mol. The molecule has 0 aliphatic heterocycles. The van der Waals surface area contributed by atoms with Gasteiger partial charge in [0, 0.05) is 0 Å². The van der Waals surface area contributed by atoms with E-state index in [1.807, 2.05) is 0 Å². The van der Waals surface area contributed by atoms with Crippen LogP contribution in [0.5, 0.6) is 0 Å². The van der Waals surface area contributed by atoms with Crippen molar-refractivity contribution in [2.45, 2.75) is 161 Å². The summed E-state index contributed by atoms with van der Waals surface area (Å²) in [4.78, 5) is 0. The quantitative estimate of drug-likeness (QED) is 0.121. The molecule has 0 saturated heterocycles. The summed E-state index contributed by atoms with van der Waals surface area (Å²) in [6, 6.07) is 0. The van der Waals surface area contributed by atoms with E-state index in [4.69, 9.17) is 0 Å². The van der Waals surface area contributed by atoms with Crippen molar-refractivity contribution in [1.82, 2.24) is 0 Å². The van der Waals surface area contributed by atoms with Crippen LogP contribution in [0.2, 0.25) is 0 Å². The Morgan fingerprint density at radius 3 is 1.29 bits per heavy atom. The van der Waals surface area contributed by atoms with Gasteiger partial charge in [-0.25, -0.2) is 8.42 Å². The molecule has 2 nitrogen and oxygen atoms in total. The molecule has 0 N–H and O–H groups in total. The summed E-state index contributed by atoms with van der Waals surface area (Å²) in [5.74, 6) is 1.96. The lowest BCUT2D eigenvalue weighted by Gasteiger charge is -2.05. The van der Waals surface area contributed by atoms with E-state index in [9.17, 15) is 8.42 Å². The molecule has 0 aromatic heterocycles. The van der Waals surface area contributed by atoms with Gasteiger partial charge in [0.05, 0.1) is 11.5 Å². The first-order valence-electron chi connectivity index (χ1n) is 14.0. The van der Waals surface area contributed by atoms with Gasteiger partial charge >= 0.3 is 0 Å². The average Bonchev–Trinajstić information content (AvgIpc) is 2.75. The number of sulfone groups is 1. The van der Waals surface area contributed by atoms with E-state index in [1.54, 1.807) is 5.75 Å². The lowest BCUT2D eigenvalue weighted by Crippen LogP contribution is -2.06. The molecule has 0 aliphatic carbocycles. The molecule has 0 atom stereocenters. The first-order chi connectivity index (χ1) is 15.1. The van der Waals surface area contributed by atoms with Crippen LogP contribution in [0.1, 0.15) is 161 Å². The van der Waals surface area contributed by atoms with Gasteiger partial charge < -0.3 is 0 Å². The molecule has 0 aliphatic rings. The first-order valence-corrected chi connectivity index (χ1v) is 15.7. The molecule has 0 amide bonds. The Hall–Kier alpha value is -0.0500. The fraction of sp³-hybridized carbons (Fsp3) is 0.929. The number of unbranched alkanes of at least 4 members (excludes halogenated alkanes) is 22. The Labute approximate surface area is 197 Å². The van der Waals surface area contributed by atoms with Crippen LogP contribution >= 0.6 is 0 Å². The third-order valence-electron chi connectivity index (χ3n) is 6.36. The minimum absolute atomic E-state index is 0.358. The normalized spacial score (nSPS) is 11.9. The molecule has 3 heteroatoms. The molecule has 31 heavy (non-hydrogen) atoms. The maximum atomic E-state index is 12.1. The number of hydrogen-bond acceptors (Lipinski definition) is 2. The van der Waals surface area contributed by atoms with Crippen molar-refractivity contribution in [1.29, 1.82) is 0 Å². The van der Waals surface area contributed by atoms with Gasteiger partial charge in [-0.2, -0.15) is 0 Å². The van der Waals surface area contributed by atoms with Crippen molar-refractivity contribution in [3.8, 4) is 0 Å². The van der Waals surface area contributed by atoms with Crippen LogP contribution in [0.25, 0.3) is 0 Å². The highest BCUT2D eigenvalue weighted by atomic mass is 32.2. The fourth-order valence-corrected chi connectivity index (χ4v) is 5.52. The molecule has 0 bridgehead atoms. The van der Waals surface area contributed by atoms with E-state index >= 15 is 0 Å². The SMILES string of the molecule is [CH2]CCCCCCCCCCCCCCCCC[CH]S(=O)(=O)CCCCCCCCC. The van der Waals surface area contributed by atoms with E-state index in [0.717, 1.165) is 32.1 Å². The van der Waals surface area contributed by atoms with E-state index in [0.29, 0.717) is 5.75 Å². The second kappa shape index (κ2) is 24.6. The summed E-state index contributed by atoms with van der Waals surface area (Å²) in [5.41, 5.74) is 0. The van der Waals surface area contributed by atoms with Crippen LogP contribution in [0.15, 0.2) is 0 Å². The summed E-state index contributed by atoms with van der Waals surface area (Å²) in [6.45, 7) is 6.12. The predicted octanol–water partition coefficient (Wildman–Crippen LogP) is 9.78. The van der Waals surface area contributed by atoms with Gasteiger partial charge in [0.2, 0.25) is 0 Å². The van der Waals surface area contributed by atoms with Crippen molar-refractivity contribution < 1.29 is 8.42 Å². The summed E-state index contributed by atoms with van der Waals surface area (Å²) in [6.07, 6.45) is 30.1. The van der Waals surface area contributed by atoms with Gasteiger partial charge in [-0.3, -0.25) is 0 Å². The average molecular weight is 457 g/mol. The second-order valence-corrected chi connectivity index (χ2v) is 11.7. The summed E-state index contributed by atoms with van der Waals surface area (Å²) in [7, 11) is -2.93. The van der Waals surface area contributed by atoms with Crippen LogP contribution in [0, 0.1) is 12.7 Å². The standard InChI is InChI=1S/C28H56O2S/c1-3-5-7-9-11-12-13-14-15-16-17-18-19-20-22-24-26-28-31(29,30)27-25-23-21-10-8-6-4-2/h28H,1,3-27H2,2H3. The summed E-state index contributed by atoms with van der Waals surface area (Å²) in [5, 5.41) is 0. The van der Waals surface area contributed by atoms with Crippen LogP contribution < -0.4 is 0 Å². The van der Waals surface area contributed by atoms with Gasteiger partial charge in [0.1, 0.15) is 0 Å². The zero-order valence-corrected chi connectivity index (χ0v) is 22.0. The molecule has 0 saturated carbocycles. The highest BCUT2D eigenvalue weighted by Crippen LogP contribution is 2.15. The lowest BCUT2D eigenvalue weighted by molar-refractivity contribution is 0.530. The third kappa shape index (κ3) is 26.1. The van der Waals surface area contributed by atoms with E-state index < -0.39 is 9.84 Å². The molecule has 0 aromatic rings. The molecular weight excluding hydrogens is 400 g/mol. The van der Waals surface area contributed by atoms with Crippen molar-refractivity contribution >= 4 is 9.84 Å². The fourth-order valence-electron chi connectivity index (χ4n) is 4.23. The Bertz CT molecular complexity index is 430. The van der Waals surface area contributed by atoms with Crippen molar-refractivity contribution in [3.63, 3.8) is 0 Å². The van der Waals surface area contributed by atoms with E-state index in [1.165, 1.54) is 122 Å². The number of hydrogen-bond donors (Lipinski definition) is 0. The van der Waals surface area contributed by atoms with Crippen LogP contribution in [-0.2, 0) is 9.84 Å². The maximum Gasteiger partial charge on any atom is 0.154 e. The number of rotatable bonds is 26. The van der Waals surface area contributed by atoms with Crippen molar-refractivity contribution in [2.24, 2.45) is 0 Å². The van der Waals surface area contributed by atoms with Crippen molar-refractivity contribution in [3.05, 3.63) is 12.7 Å². The Morgan fingerprint density at radius 1 is 0.516 bits per heavy atom. The molecular formula is C28H56O2S. The largest absolute Gasteiger partial charge is 0.229 e. The minimum atomic E-state index is -2.93. The van der Waals surface area contributed by atoms with Gasteiger partial charge in [-0.1, -0.05) is 155 Å². The highest BCUT2D eigenvalue weighted by Gasteiger charge is 2.10. The molecule has 0 rings (SSSR count). The Kier molecular flexibility index (Phi) is 24.5. The molecule has 0 unspecified atom stereocenters. The lowest BCUT2D eigenvalue weighted by atomic mass is 10.0. The smallest absolute Gasteiger partial charge is 0.154 e. The van der Waals surface area contributed by atoms with Gasteiger partial charge in [-0.05, 0) is 12.8 Å². The molecule has 0 heterocycles. The molecule has 0 fully saturated rings. The minimum Gasteiger partial charge on any atom is -0.229 e. The topological polar surface area (TPSA) is 34.1 Å². The Balaban J connectivity index is 3.26. The molecule has 0 spiro atoms. The monoisotopic (exact) mass is 456 g/mol. The second-order valence-electron chi connectivity index (χ2n) is 9.60. The zero-order valence-electron chi connectivity index (χ0n) is 21.2. The third-order valence-corrected chi connectivity index (χ3v) is 7.96. The van der Waals surface area contributed by atoms with Gasteiger partial charge in [0.25, 0.3) is 0 Å². The van der Waals surface area contributed by atoms with Crippen molar-refractivity contribution in [2.75, 3.05) is 5.75 Å². The molecule has 186 valence electrons.